The minimum Gasteiger partial charge on any atom is -0.473 e. The lowest BCUT2D eigenvalue weighted by molar-refractivity contribution is -0.158. The normalized spacial score (nSPS) is 11.6. The Morgan fingerprint density at radius 1 is 1.03 bits per heavy atom. The van der Waals surface area contributed by atoms with E-state index >= 15 is 0 Å². The molecule has 2 aromatic heterocycles. The predicted octanol–water partition coefficient (Wildman–Crippen LogP) is 6.03. The third kappa shape index (κ3) is 8.45. The minimum absolute atomic E-state index is 0.0285. The summed E-state index contributed by atoms with van der Waals surface area (Å²) in [6.07, 6.45) is 5.65. The van der Waals surface area contributed by atoms with E-state index in [4.69, 9.17) is 9.47 Å². The van der Waals surface area contributed by atoms with Crippen LogP contribution in [0.15, 0.2) is 35.8 Å². The molecular weight excluding hydrogens is 410 g/mol. The standard InChI is InChI=1S/C16H15N3OS.C8H16O2/c1-11(2)20-16-14(7-8-15-17-9-10-21-15)18-12-5-3-4-6-13(12)19-16;1-6(2)7(9)10-8(3,4)5/h3-11H,1-2H3;6H,1-5H3/b8-7+;. The Bertz CT molecular complexity index is 1010. The van der Waals surface area contributed by atoms with Gasteiger partial charge in [-0.15, -0.1) is 11.3 Å². The monoisotopic (exact) mass is 441 g/mol. The van der Waals surface area contributed by atoms with Gasteiger partial charge in [0.15, 0.2) is 0 Å². The van der Waals surface area contributed by atoms with Crippen molar-refractivity contribution in [1.29, 1.82) is 0 Å². The van der Waals surface area contributed by atoms with Crippen LogP contribution in [0, 0.1) is 5.92 Å². The highest BCUT2D eigenvalue weighted by Gasteiger charge is 2.18. The van der Waals surface area contributed by atoms with Crippen molar-refractivity contribution in [3.8, 4) is 5.88 Å². The average molecular weight is 442 g/mol. The molecule has 3 aromatic rings. The lowest BCUT2D eigenvalue weighted by Gasteiger charge is -2.20. The van der Waals surface area contributed by atoms with Gasteiger partial charge in [0.05, 0.1) is 23.1 Å². The zero-order chi connectivity index (χ0) is 23.0. The number of carbonyl (C=O) groups is 1. The summed E-state index contributed by atoms with van der Waals surface area (Å²) in [4.78, 5) is 24.4. The van der Waals surface area contributed by atoms with Crippen molar-refractivity contribution in [3.63, 3.8) is 0 Å². The number of esters is 1. The zero-order valence-corrected chi connectivity index (χ0v) is 20.1. The van der Waals surface area contributed by atoms with Crippen LogP contribution in [-0.2, 0) is 9.53 Å². The van der Waals surface area contributed by atoms with Gasteiger partial charge in [0, 0.05) is 11.6 Å². The van der Waals surface area contributed by atoms with E-state index in [0.29, 0.717) is 5.88 Å². The van der Waals surface area contributed by atoms with Gasteiger partial charge in [0.2, 0.25) is 5.88 Å². The van der Waals surface area contributed by atoms with Gasteiger partial charge in [-0.2, -0.15) is 0 Å². The molecule has 1 aromatic carbocycles. The Kier molecular flexibility index (Phi) is 8.68. The number of thiazole rings is 1. The Balaban J connectivity index is 0.000000291. The topological polar surface area (TPSA) is 74.2 Å². The Morgan fingerprint density at radius 2 is 1.68 bits per heavy atom. The molecule has 0 radical (unpaired) electrons. The summed E-state index contributed by atoms with van der Waals surface area (Å²) < 4.78 is 10.8. The van der Waals surface area contributed by atoms with Crippen molar-refractivity contribution in [1.82, 2.24) is 15.0 Å². The van der Waals surface area contributed by atoms with E-state index < -0.39 is 0 Å². The number of ether oxygens (including phenoxy) is 2. The molecule has 6 nitrogen and oxygen atoms in total. The molecule has 0 aliphatic rings. The third-order valence-electron chi connectivity index (χ3n) is 3.62. The number of nitrogens with zero attached hydrogens (tertiary/aromatic N) is 3. The smallest absolute Gasteiger partial charge is 0.308 e. The molecule has 0 spiro atoms. The molecule has 0 aliphatic heterocycles. The van der Waals surface area contributed by atoms with Crippen LogP contribution in [0.2, 0.25) is 0 Å². The van der Waals surface area contributed by atoms with Gasteiger partial charge in [0.1, 0.15) is 16.3 Å². The van der Waals surface area contributed by atoms with Gasteiger partial charge in [-0.05, 0) is 58.9 Å². The Labute approximate surface area is 188 Å². The third-order valence-corrected chi connectivity index (χ3v) is 4.37. The number of aromatic nitrogens is 3. The molecular formula is C24H31N3O3S. The summed E-state index contributed by atoms with van der Waals surface area (Å²) in [6, 6.07) is 7.78. The molecule has 7 heteroatoms. The van der Waals surface area contributed by atoms with Gasteiger partial charge in [-0.25, -0.2) is 15.0 Å². The van der Waals surface area contributed by atoms with Crippen molar-refractivity contribution in [3.05, 3.63) is 46.5 Å². The molecule has 166 valence electrons. The molecule has 0 N–H and O–H groups in total. The van der Waals surface area contributed by atoms with E-state index in [1.54, 1.807) is 17.5 Å². The van der Waals surface area contributed by atoms with Crippen LogP contribution in [0.3, 0.4) is 0 Å². The second-order valence-corrected chi connectivity index (χ2v) is 9.39. The number of benzene rings is 1. The molecule has 0 unspecified atom stereocenters. The van der Waals surface area contributed by atoms with E-state index in [1.807, 2.05) is 90.3 Å². The number of hydrogen-bond donors (Lipinski definition) is 0. The lowest BCUT2D eigenvalue weighted by atomic mass is 10.1. The SMILES string of the molecule is CC(C)C(=O)OC(C)(C)C.CC(C)Oc1nc2ccccc2nc1/C=C/c1nccs1. The number of rotatable bonds is 5. The van der Waals surface area contributed by atoms with Crippen LogP contribution in [0.5, 0.6) is 5.88 Å². The fraction of sp³-hybridized carbons (Fsp3) is 0.417. The van der Waals surface area contributed by atoms with Crippen LogP contribution >= 0.6 is 11.3 Å². The first-order chi connectivity index (χ1) is 14.5. The van der Waals surface area contributed by atoms with Crippen LogP contribution < -0.4 is 4.74 Å². The van der Waals surface area contributed by atoms with Crippen molar-refractivity contribution in [2.75, 3.05) is 0 Å². The van der Waals surface area contributed by atoms with E-state index in [-0.39, 0.29) is 23.6 Å². The summed E-state index contributed by atoms with van der Waals surface area (Å²) in [5.74, 6) is 0.392. The Morgan fingerprint density at radius 3 is 2.16 bits per heavy atom. The molecule has 0 fully saturated rings. The highest BCUT2D eigenvalue weighted by atomic mass is 32.1. The largest absolute Gasteiger partial charge is 0.473 e. The predicted molar refractivity (Wildman–Crippen MR) is 127 cm³/mol. The van der Waals surface area contributed by atoms with Crippen LogP contribution in [-0.4, -0.2) is 32.6 Å². The molecule has 0 bridgehead atoms. The fourth-order valence-electron chi connectivity index (χ4n) is 2.30. The fourth-order valence-corrected chi connectivity index (χ4v) is 2.83. The van der Waals surface area contributed by atoms with Crippen molar-refractivity contribution in [2.45, 2.75) is 60.2 Å². The first-order valence-corrected chi connectivity index (χ1v) is 11.2. The van der Waals surface area contributed by atoms with Crippen molar-refractivity contribution >= 4 is 40.5 Å². The van der Waals surface area contributed by atoms with Crippen molar-refractivity contribution in [2.24, 2.45) is 5.92 Å². The van der Waals surface area contributed by atoms with Crippen LogP contribution in [0.25, 0.3) is 23.2 Å². The average Bonchev–Trinajstić information content (AvgIpc) is 3.18. The number of carbonyl (C=O) groups excluding carboxylic acids is 1. The molecule has 31 heavy (non-hydrogen) atoms. The quantitative estimate of drug-likeness (QED) is 0.450. The summed E-state index contributed by atoms with van der Waals surface area (Å²) in [5, 5.41) is 2.87. The van der Waals surface area contributed by atoms with Crippen LogP contribution in [0.1, 0.15) is 59.2 Å². The summed E-state index contributed by atoms with van der Waals surface area (Å²) >= 11 is 1.58. The van der Waals surface area contributed by atoms with Crippen LogP contribution in [0.4, 0.5) is 0 Å². The minimum atomic E-state index is -0.346. The van der Waals surface area contributed by atoms with Gasteiger partial charge in [-0.1, -0.05) is 26.0 Å². The highest BCUT2D eigenvalue weighted by molar-refractivity contribution is 7.10. The van der Waals surface area contributed by atoms with Gasteiger partial charge in [-0.3, -0.25) is 4.79 Å². The molecule has 2 heterocycles. The van der Waals surface area contributed by atoms with Gasteiger partial charge >= 0.3 is 5.97 Å². The molecule has 0 aliphatic carbocycles. The first kappa shape index (κ1) is 24.5. The van der Waals surface area contributed by atoms with E-state index in [9.17, 15) is 4.79 Å². The molecule has 3 rings (SSSR count). The second-order valence-electron chi connectivity index (χ2n) is 8.46. The number of para-hydroxylation sites is 2. The molecule has 0 saturated carbocycles. The number of hydrogen-bond acceptors (Lipinski definition) is 7. The van der Waals surface area contributed by atoms with E-state index in [0.717, 1.165) is 21.7 Å². The molecule has 0 amide bonds. The summed E-state index contributed by atoms with van der Waals surface area (Å²) in [5.41, 5.74) is 2.06. The first-order valence-electron chi connectivity index (χ1n) is 10.3. The molecule has 0 saturated heterocycles. The summed E-state index contributed by atoms with van der Waals surface area (Å²) in [7, 11) is 0. The maximum absolute atomic E-state index is 10.9. The Hall–Kier alpha value is -2.80. The lowest BCUT2D eigenvalue weighted by Crippen LogP contribution is -2.26. The van der Waals surface area contributed by atoms with E-state index in [2.05, 4.69) is 15.0 Å². The number of fused-ring (bicyclic) bond motifs is 1. The maximum atomic E-state index is 10.9. The van der Waals surface area contributed by atoms with E-state index in [1.165, 1.54) is 0 Å². The molecule has 0 atom stereocenters. The summed E-state index contributed by atoms with van der Waals surface area (Å²) in [6.45, 7) is 13.2. The maximum Gasteiger partial charge on any atom is 0.308 e. The highest BCUT2D eigenvalue weighted by Crippen LogP contribution is 2.22. The zero-order valence-electron chi connectivity index (χ0n) is 19.2. The van der Waals surface area contributed by atoms with Gasteiger partial charge in [0.25, 0.3) is 0 Å². The van der Waals surface area contributed by atoms with Crippen molar-refractivity contribution < 1.29 is 14.3 Å². The second kappa shape index (κ2) is 11.0. The van der Waals surface area contributed by atoms with Gasteiger partial charge < -0.3 is 9.47 Å².